The van der Waals surface area contributed by atoms with Crippen LogP contribution in [-0.4, -0.2) is 43.6 Å². The maximum Gasteiger partial charge on any atom is 0.321 e. The SMILES string of the molecule is COc1ccc(C2(C(=O)NCCC3CCN(C(=O)Nc4ccccc4)CC3)CC2)cc1. The third-order valence-corrected chi connectivity index (χ3v) is 6.59. The lowest BCUT2D eigenvalue weighted by Crippen LogP contribution is -2.42. The summed E-state index contributed by atoms with van der Waals surface area (Å²) in [5, 5.41) is 6.12. The monoisotopic (exact) mass is 421 g/mol. The second-order valence-corrected chi connectivity index (χ2v) is 8.58. The Morgan fingerprint density at radius 2 is 1.71 bits per heavy atom. The summed E-state index contributed by atoms with van der Waals surface area (Å²) >= 11 is 0. The highest BCUT2D eigenvalue weighted by Gasteiger charge is 2.51. The van der Waals surface area contributed by atoms with E-state index in [0.717, 1.165) is 62.2 Å². The number of urea groups is 1. The van der Waals surface area contributed by atoms with Crippen LogP contribution in [0.5, 0.6) is 5.75 Å². The molecule has 0 aromatic heterocycles. The molecule has 1 aliphatic carbocycles. The van der Waals surface area contributed by atoms with E-state index in [1.807, 2.05) is 59.5 Å². The summed E-state index contributed by atoms with van der Waals surface area (Å²) in [5.41, 5.74) is 1.54. The molecule has 1 saturated heterocycles. The van der Waals surface area contributed by atoms with Crippen LogP contribution in [-0.2, 0) is 10.2 Å². The van der Waals surface area contributed by atoms with Gasteiger partial charge in [-0.1, -0.05) is 30.3 Å². The fourth-order valence-electron chi connectivity index (χ4n) is 4.39. The molecule has 2 fully saturated rings. The Kier molecular flexibility index (Phi) is 6.44. The van der Waals surface area contributed by atoms with Crippen molar-refractivity contribution in [1.29, 1.82) is 0 Å². The first kappa shape index (κ1) is 21.2. The summed E-state index contributed by atoms with van der Waals surface area (Å²) in [6.45, 7) is 2.21. The molecule has 1 saturated carbocycles. The van der Waals surface area contributed by atoms with Crippen molar-refractivity contribution < 1.29 is 14.3 Å². The van der Waals surface area contributed by atoms with Gasteiger partial charge in [0, 0.05) is 25.3 Å². The van der Waals surface area contributed by atoms with Crippen molar-refractivity contribution in [2.24, 2.45) is 5.92 Å². The molecule has 2 aromatic rings. The van der Waals surface area contributed by atoms with E-state index in [1.165, 1.54) is 0 Å². The van der Waals surface area contributed by atoms with Gasteiger partial charge < -0.3 is 20.3 Å². The summed E-state index contributed by atoms with van der Waals surface area (Å²) in [7, 11) is 1.65. The average molecular weight is 422 g/mol. The molecule has 0 unspecified atom stereocenters. The van der Waals surface area contributed by atoms with Gasteiger partial charge in [-0.2, -0.15) is 0 Å². The van der Waals surface area contributed by atoms with Crippen LogP contribution in [0.1, 0.15) is 37.7 Å². The van der Waals surface area contributed by atoms with Crippen LogP contribution in [0.15, 0.2) is 54.6 Å². The van der Waals surface area contributed by atoms with Crippen molar-refractivity contribution in [2.45, 2.75) is 37.5 Å². The molecular formula is C25H31N3O3. The van der Waals surface area contributed by atoms with Gasteiger partial charge in [0.05, 0.1) is 12.5 Å². The Labute approximate surface area is 184 Å². The van der Waals surface area contributed by atoms with E-state index in [4.69, 9.17) is 4.74 Å². The minimum atomic E-state index is -0.356. The molecule has 164 valence electrons. The highest BCUT2D eigenvalue weighted by Crippen LogP contribution is 2.48. The van der Waals surface area contributed by atoms with Crippen LogP contribution in [0.4, 0.5) is 10.5 Å². The lowest BCUT2D eigenvalue weighted by molar-refractivity contribution is -0.123. The summed E-state index contributed by atoms with van der Waals surface area (Å²) in [4.78, 5) is 27.1. The van der Waals surface area contributed by atoms with E-state index in [2.05, 4.69) is 10.6 Å². The quantitative estimate of drug-likeness (QED) is 0.705. The van der Waals surface area contributed by atoms with E-state index in [9.17, 15) is 9.59 Å². The Morgan fingerprint density at radius 1 is 1.03 bits per heavy atom. The predicted octanol–water partition coefficient (Wildman–Crippen LogP) is 4.18. The number of amides is 3. The van der Waals surface area contributed by atoms with Gasteiger partial charge in [-0.15, -0.1) is 0 Å². The maximum atomic E-state index is 12.8. The molecule has 0 radical (unpaired) electrons. The highest BCUT2D eigenvalue weighted by molar-refractivity contribution is 5.91. The van der Waals surface area contributed by atoms with Crippen molar-refractivity contribution in [3.8, 4) is 5.75 Å². The lowest BCUT2D eigenvalue weighted by Gasteiger charge is -2.32. The van der Waals surface area contributed by atoms with Crippen LogP contribution in [0.3, 0.4) is 0 Å². The molecule has 0 bridgehead atoms. The van der Waals surface area contributed by atoms with E-state index < -0.39 is 0 Å². The molecule has 6 heteroatoms. The third-order valence-electron chi connectivity index (χ3n) is 6.59. The number of rotatable bonds is 7. The van der Waals surface area contributed by atoms with E-state index in [0.29, 0.717) is 12.5 Å². The van der Waals surface area contributed by atoms with Crippen molar-refractivity contribution in [3.05, 3.63) is 60.2 Å². The molecule has 1 aliphatic heterocycles. The molecule has 4 rings (SSSR count). The number of carbonyl (C=O) groups excluding carboxylic acids is 2. The van der Waals surface area contributed by atoms with Gasteiger partial charge in [0.25, 0.3) is 0 Å². The fraction of sp³-hybridized carbons (Fsp3) is 0.440. The first-order chi connectivity index (χ1) is 15.1. The fourth-order valence-corrected chi connectivity index (χ4v) is 4.39. The molecule has 3 amide bonds. The Morgan fingerprint density at radius 3 is 2.32 bits per heavy atom. The predicted molar refractivity (Wildman–Crippen MR) is 121 cm³/mol. The number of hydrogen-bond acceptors (Lipinski definition) is 3. The number of methoxy groups -OCH3 is 1. The average Bonchev–Trinajstić information content (AvgIpc) is 3.62. The normalized spacial score (nSPS) is 17.6. The zero-order valence-electron chi connectivity index (χ0n) is 18.1. The van der Waals surface area contributed by atoms with Gasteiger partial charge in [-0.05, 0) is 67.9 Å². The Balaban J connectivity index is 1.19. The highest BCUT2D eigenvalue weighted by atomic mass is 16.5. The van der Waals surface area contributed by atoms with E-state index in [1.54, 1.807) is 7.11 Å². The van der Waals surface area contributed by atoms with Gasteiger partial charge in [0.1, 0.15) is 5.75 Å². The third kappa shape index (κ3) is 5.01. The van der Waals surface area contributed by atoms with Crippen LogP contribution < -0.4 is 15.4 Å². The number of para-hydroxylation sites is 1. The summed E-state index contributed by atoms with van der Waals surface area (Å²) < 4.78 is 5.22. The van der Waals surface area contributed by atoms with E-state index >= 15 is 0 Å². The first-order valence-corrected chi connectivity index (χ1v) is 11.1. The van der Waals surface area contributed by atoms with Gasteiger partial charge in [-0.3, -0.25) is 4.79 Å². The van der Waals surface area contributed by atoms with Gasteiger partial charge in [-0.25, -0.2) is 4.79 Å². The van der Waals surface area contributed by atoms with Crippen LogP contribution in [0, 0.1) is 5.92 Å². The zero-order valence-corrected chi connectivity index (χ0v) is 18.1. The number of nitrogens with zero attached hydrogens (tertiary/aromatic N) is 1. The smallest absolute Gasteiger partial charge is 0.321 e. The Bertz CT molecular complexity index is 886. The standard InChI is InChI=1S/C25H31N3O3/c1-31-22-9-7-20(8-10-22)25(14-15-25)23(29)26-16-11-19-12-17-28(18-13-19)24(30)27-21-5-3-2-4-6-21/h2-10,19H,11-18H2,1H3,(H,26,29)(H,27,30). The Hall–Kier alpha value is -3.02. The molecule has 2 N–H and O–H groups in total. The van der Waals surface area contributed by atoms with E-state index in [-0.39, 0.29) is 17.4 Å². The molecule has 0 spiro atoms. The van der Waals surface area contributed by atoms with Gasteiger partial charge >= 0.3 is 6.03 Å². The lowest BCUT2D eigenvalue weighted by atomic mass is 9.92. The number of benzene rings is 2. The first-order valence-electron chi connectivity index (χ1n) is 11.1. The second kappa shape index (κ2) is 9.41. The van der Waals surface area contributed by atoms with Crippen LogP contribution in [0.2, 0.25) is 0 Å². The van der Waals surface area contributed by atoms with Gasteiger partial charge in [0.2, 0.25) is 5.91 Å². The van der Waals surface area contributed by atoms with Crippen molar-refractivity contribution in [1.82, 2.24) is 10.2 Å². The number of carbonyl (C=O) groups is 2. The minimum Gasteiger partial charge on any atom is -0.497 e. The molecule has 31 heavy (non-hydrogen) atoms. The molecule has 2 aliphatic rings. The molecule has 6 nitrogen and oxygen atoms in total. The van der Waals surface area contributed by atoms with Crippen LogP contribution >= 0.6 is 0 Å². The molecule has 1 heterocycles. The molecule has 2 aromatic carbocycles. The minimum absolute atomic E-state index is 0.0341. The second-order valence-electron chi connectivity index (χ2n) is 8.58. The summed E-state index contributed by atoms with van der Waals surface area (Å²) in [6.07, 6.45) is 4.71. The maximum absolute atomic E-state index is 12.8. The summed E-state index contributed by atoms with van der Waals surface area (Å²) in [6, 6.07) is 17.4. The van der Waals surface area contributed by atoms with Crippen molar-refractivity contribution >= 4 is 17.6 Å². The zero-order chi connectivity index (χ0) is 21.7. The van der Waals surface area contributed by atoms with Crippen molar-refractivity contribution in [3.63, 3.8) is 0 Å². The molecular weight excluding hydrogens is 390 g/mol. The number of piperidine rings is 1. The topological polar surface area (TPSA) is 70.7 Å². The number of anilines is 1. The number of nitrogens with one attached hydrogen (secondary N) is 2. The van der Waals surface area contributed by atoms with Gasteiger partial charge in [0.15, 0.2) is 0 Å². The number of likely N-dealkylation sites (tertiary alicyclic amines) is 1. The summed E-state index contributed by atoms with van der Waals surface area (Å²) in [5.74, 6) is 1.48. The largest absolute Gasteiger partial charge is 0.497 e. The molecule has 0 atom stereocenters. The van der Waals surface area contributed by atoms with Crippen molar-refractivity contribution in [2.75, 3.05) is 32.1 Å². The number of ether oxygens (including phenoxy) is 1. The number of hydrogen-bond donors (Lipinski definition) is 2. The van der Waals surface area contributed by atoms with Crippen LogP contribution in [0.25, 0.3) is 0 Å².